The molecule has 4 heteroatoms. The fourth-order valence-corrected chi connectivity index (χ4v) is 1.71. The molecule has 0 aromatic heterocycles. The summed E-state index contributed by atoms with van der Waals surface area (Å²) >= 11 is 5.92. The van der Waals surface area contributed by atoms with E-state index in [2.05, 4.69) is 12.2 Å². The molecule has 0 bridgehead atoms. The van der Waals surface area contributed by atoms with E-state index in [0.29, 0.717) is 11.6 Å². The lowest BCUT2D eigenvalue weighted by Gasteiger charge is -2.14. The summed E-state index contributed by atoms with van der Waals surface area (Å²) in [6.07, 6.45) is 1.94. The Labute approximate surface area is 113 Å². The lowest BCUT2D eigenvalue weighted by Crippen LogP contribution is -2.27. The Morgan fingerprint density at radius 3 is 2.94 bits per heavy atom. The van der Waals surface area contributed by atoms with Crippen LogP contribution in [0.5, 0.6) is 0 Å². The third kappa shape index (κ3) is 5.52. The second kappa shape index (κ2) is 8.11. The molecular formula is C14H20ClNO2. The number of hydrogen-bond donors (Lipinski definition) is 1. The summed E-state index contributed by atoms with van der Waals surface area (Å²) in [5.41, 5.74) is 1.06. The smallest absolute Gasteiger partial charge is 0.319 e. The van der Waals surface area contributed by atoms with Gasteiger partial charge in [-0.15, -0.1) is 0 Å². The van der Waals surface area contributed by atoms with E-state index >= 15 is 0 Å². The normalized spacial score (nSPS) is 12.2. The lowest BCUT2D eigenvalue weighted by molar-refractivity contribution is -0.142. The van der Waals surface area contributed by atoms with E-state index in [0.717, 1.165) is 18.4 Å². The predicted octanol–water partition coefficient (Wildman–Crippen LogP) is 3.33. The minimum absolute atomic E-state index is 0.0717. The van der Waals surface area contributed by atoms with Crippen LogP contribution >= 0.6 is 11.6 Å². The molecule has 1 N–H and O–H groups in total. The van der Waals surface area contributed by atoms with Gasteiger partial charge in [-0.05, 0) is 31.0 Å². The molecule has 0 heterocycles. The lowest BCUT2D eigenvalue weighted by atomic mass is 10.1. The summed E-state index contributed by atoms with van der Waals surface area (Å²) in [4.78, 5) is 11.4. The van der Waals surface area contributed by atoms with Gasteiger partial charge in [-0.2, -0.15) is 0 Å². The molecule has 3 nitrogen and oxygen atoms in total. The molecule has 0 aliphatic rings. The summed E-state index contributed by atoms with van der Waals surface area (Å²) < 4.78 is 5.06. The van der Waals surface area contributed by atoms with Crippen LogP contribution in [-0.4, -0.2) is 19.1 Å². The van der Waals surface area contributed by atoms with Gasteiger partial charge in [0.05, 0.1) is 13.2 Å². The van der Waals surface area contributed by atoms with E-state index in [4.69, 9.17) is 16.3 Å². The minimum Gasteiger partial charge on any atom is -0.465 e. The van der Waals surface area contributed by atoms with Crippen LogP contribution in [0.15, 0.2) is 24.3 Å². The Morgan fingerprint density at radius 2 is 2.28 bits per heavy atom. The molecule has 0 saturated heterocycles. The highest BCUT2D eigenvalue weighted by atomic mass is 35.5. The van der Waals surface area contributed by atoms with Gasteiger partial charge in [0.1, 0.15) is 0 Å². The van der Waals surface area contributed by atoms with E-state index in [1.54, 1.807) is 0 Å². The first-order valence-electron chi connectivity index (χ1n) is 6.28. The highest BCUT2D eigenvalue weighted by Crippen LogP contribution is 2.16. The highest BCUT2D eigenvalue weighted by Gasteiger charge is 2.08. The van der Waals surface area contributed by atoms with Gasteiger partial charge in [-0.3, -0.25) is 4.79 Å². The van der Waals surface area contributed by atoms with Gasteiger partial charge in [0.2, 0.25) is 0 Å². The number of benzene rings is 1. The van der Waals surface area contributed by atoms with Gasteiger partial charge < -0.3 is 10.1 Å². The summed E-state index contributed by atoms with van der Waals surface area (Å²) in [6, 6.07) is 7.67. The second-order valence-corrected chi connectivity index (χ2v) is 4.67. The first-order chi connectivity index (χ1) is 8.63. The second-order valence-electron chi connectivity index (χ2n) is 4.23. The van der Waals surface area contributed by atoms with Crippen LogP contribution in [0, 0.1) is 0 Å². The average molecular weight is 270 g/mol. The molecule has 100 valence electrons. The molecule has 18 heavy (non-hydrogen) atoms. The monoisotopic (exact) mass is 269 g/mol. The predicted molar refractivity (Wildman–Crippen MR) is 73.7 cm³/mol. The molecule has 0 aliphatic heterocycles. The van der Waals surface area contributed by atoms with Crippen molar-refractivity contribution in [2.75, 3.05) is 13.2 Å². The van der Waals surface area contributed by atoms with Gasteiger partial charge >= 0.3 is 5.97 Å². The van der Waals surface area contributed by atoms with E-state index < -0.39 is 0 Å². The molecule has 1 rings (SSSR count). The summed E-state index contributed by atoms with van der Waals surface area (Å²) in [5, 5.41) is 3.82. The maximum absolute atomic E-state index is 11.4. The molecular weight excluding hydrogens is 250 g/mol. The van der Waals surface area contributed by atoms with Crippen LogP contribution in [0.2, 0.25) is 5.02 Å². The number of nitrogens with one attached hydrogen (secondary N) is 1. The standard InChI is InChI=1S/C14H20ClNO2/c1-3-4-8-18-14(17)10-16-11(2)12-6-5-7-13(15)9-12/h5-7,9,11,16H,3-4,8,10H2,1-2H3. The van der Waals surface area contributed by atoms with Crippen molar-refractivity contribution in [2.45, 2.75) is 32.7 Å². The number of carbonyl (C=O) groups is 1. The quantitative estimate of drug-likeness (QED) is 0.609. The average Bonchev–Trinajstić information content (AvgIpc) is 2.36. The van der Waals surface area contributed by atoms with Crippen molar-refractivity contribution in [1.82, 2.24) is 5.32 Å². The zero-order valence-electron chi connectivity index (χ0n) is 10.9. The molecule has 0 amide bonds. The third-order valence-electron chi connectivity index (χ3n) is 2.66. The summed E-state index contributed by atoms with van der Waals surface area (Å²) in [7, 11) is 0. The van der Waals surface area contributed by atoms with E-state index in [1.807, 2.05) is 31.2 Å². The summed E-state index contributed by atoms with van der Waals surface area (Å²) in [5.74, 6) is -0.211. The van der Waals surface area contributed by atoms with Crippen molar-refractivity contribution in [1.29, 1.82) is 0 Å². The fourth-order valence-electron chi connectivity index (χ4n) is 1.51. The van der Waals surface area contributed by atoms with Crippen molar-refractivity contribution < 1.29 is 9.53 Å². The van der Waals surface area contributed by atoms with E-state index in [-0.39, 0.29) is 18.6 Å². The first-order valence-corrected chi connectivity index (χ1v) is 6.65. The van der Waals surface area contributed by atoms with Crippen LogP contribution in [-0.2, 0) is 9.53 Å². The number of rotatable bonds is 7. The SMILES string of the molecule is CCCCOC(=O)CNC(C)c1cccc(Cl)c1. The van der Waals surface area contributed by atoms with Crippen molar-refractivity contribution in [3.63, 3.8) is 0 Å². The maximum atomic E-state index is 11.4. The molecule has 0 spiro atoms. The molecule has 0 radical (unpaired) electrons. The van der Waals surface area contributed by atoms with Crippen molar-refractivity contribution >= 4 is 17.6 Å². The molecule has 1 unspecified atom stereocenters. The fraction of sp³-hybridized carbons (Fsp3) is 0.500. The van der Waals surface area contributed by atoms with Gasteiger partial charge in [-0.25, -0.2) is 0 Å². The number of esters is 1. The van der Waals surface area contributed by atoms with Gasteiger partial charge in [0, 0.05) is 11.1 Å². The Balaban J connectivity index is 2.32. The molecule has 0 aliphatic carbocycles. The number of halogens is 1. The van der Waals surface area contributed by atoms with Crippen LogP contribution in [0.3, 0.4) is 0 Å². The van der Waals surface area contributed by atoms with Crippen LogP contribution < -0.4 is 5.32 Å². The van der Waals surface area contributed by atoms with Crippen LogP contribution in [0.25, 0.3) is 0 Å². The Morgan fingerprint density at radius 1 is 1.50 bits per heavy atom. The van der Waals surface area contributed by atoms with Gasteiger partial charge in [0.25, 0.3) is 0 Å². The molecule has 0 fully saturated rings. The zero-order valence-corrected chi connectivity index (χ0v) is 11.7. The van der Waals surface area contributed by atoms with Crippen LogP contribution in [0.4, 0.5) is 0 Å². The maximum Gasteiger partial charge on any atom is 0.319 e. The third-order valence-corrected chi connectivity index (χ3v) is 2.90. The van der Waals surface area contributed by atoms with Crippen molar-refractivity contribution in [2.24, 2.45) is 0 Å². The number of ether oxygens (including phenoxy) is 1. The number of hydrogen-bond acceptors (Lipinski definition) is 3. The largest absolute Gasteiger partial charge is 0.465 e. The number of unbranched alkanes of at least 4 members (excludes halogenated alkanes) is 1. The number of carbonyl (C=O) groups excluding carboxylic acids is 1. The van der Waals surface area contributed by atoms with E-state index in [9.17, 15) is 4.79 Å². The zero-order chi connectivity index (χ0) is 13.4. The minimum atomic E-state index is -0.211. The van der Waals surface area contributed by atoms with Crippen LogP contribution in [0.1, 0.15) is 38.3 Å². The topological polar surface area (TPSA) is 38.3 Å². The summed E-state index contributed by atoms with van der Waals surface area (Å²) in [6.45, 7) is 4.78. The molecule has 1 aromatic rings. The Bertz CT molecular complexity index is 382. The molecule has 1 aromatic carbocycles. The molecule has 0 saturated carbocycles. The Kier molecular flexibility index (Phi) is 6.76. The first kappa shape index (κ1) is 15.0. The van der Waals surface area contributed by atoms with Gasteiger partial charge in [0.15, 0.2) is 0 Å². The van der Waals surface area contributed by atoms with Gasteiger partial charge in [-0.1, -0.05) is 37.1 Å². The highest BCUT2D eigenvalue weighted by molar-refractivity contribution is 6.30. The van der Waals surface area contributed by atoms with E-state index in [1.165, 1.54) is 0 Å². The van der Waals surface area contributed by atoms with Crippen molar-refractivity contribution in [3.8, 4) is 0 Å². The Hall–Kier alpha value is -1.06. The molecule has 1 atom stereocenters. The van der Waals surface area contributed by atoms with Crippen molar-refractivity contribution in [3.05, 3.63) is 34.9 Å².